The molecule has 8 heteroatoms. The molecule has 1 aliphatic heterocycles. The third-order valence-electron chi connectivity index (χ3n) is 2.39. The highest BCUT2D eigenvalue weighted by molar-refractivity contribution is 7.94. The molecule has 0 aromatic carbocycles. The predicted octanol–water partition coefficient (Wildman–Crippen LogP) is -1.33. The summed E-state index contributed by atoms with van der Waals surface area (Å²) < 4.78 is 23.8. The minimum atomic E-state index is -3.02. The van der Waals surface area contributed by atoms with E-state index < -0.39 is 9.84 Å². The van der Waals surface area contributed by atoms with Crippen molar-refractivity contribution in [3.63, 3.8) is 0 Å². The van der Waals surface area contributed by atoms with Gasteiger partial charge >= 0.3 is 0 Å². The van der Waals surface area contributed by atoms with Crippen LogP contribution >= 0.6 is 0 Å². The number of rotatable bonds is 5. The monoisotopic (exact) mass is 258 g/mol. The van der Waals surface area contributed by atoms with Gasteiger partial charge in [0, 0.05) is 24.2 Å². The van der Waals surface area contributed by atoms with Crippen LogP contribution in [0.25, 0.3) is 0 Å². The van der Waals surface area contributed by atoms with E-state index in [1.807, 2.05) is 0 Å². The maximum absolute atomic E-state index is 11.2. The molecule has 2 rings (SSSR count). The van der Waals surface area contributed by atoms with Crippen LogP contribution in [-0.2, 0) is 22.9 Å². The topological polar surface area (TPSA) is 97.1 Å². The molecule has 0 amide bonds. The number of sulfone groups is 1. The van der Waals surface area contributed by atoms with Gasteiger partial charge in [-0.05, 0) is 0 Å². The first-order valence-corrected chi connectivity index (χ1v) is 6.95. The van der Waals surface area contributed by atoms with Crippen LogP contribution in [-0.4, -0.2) is 46.9 Å². The number of aliphatic hydroxyl groups is 1. The molecule has 0 saturated carbocycles. The van der Waals surface area contributed by atoms with Gasteiger partial charge in [0.2, 0.25) is 0 Å². The van der Waals surface area contributed by atoms with Crippen molar-refractivity contribution >= 4 is 9.84 Å². The summed E-state index contributed by atoms with van der Waals surface area (Å²) in [6.07, 6.45) is 3.35. The molecule has 7 nitrogen and oxygen atoms in total. The summed E-state index contributed by atoms with van der Waals surface area (Å²) in [5, 5.41) is 20.7. The molecule has 2 N–H and O–H groups in total. The molecule has 0 fully saturated rings. The van der Waals surface area contributed by atoms with Crippen LogP contribution in [0.15, 0.2) is 17.7 Å². The van der Waals surface area contributed by atoms with Crippen LogP contribution in [0, 0.1) is 0 Å². The predicted molar refractivity (Wildman–Crippen MR) is 60.7 cm³/mol. The van der Waals surface area contributed by atoms with Gasteiger partial charge in [0.1, 0.15) is 0 Å². The van der Waals surface area contributed by atoms with Gasteiger partial charge in [-0.15, -0.1) is 5.10 Å². The van der Waals surface area contributed by atoms with E-state index >= 15 is 0 Å². The Morgan fingerprint density at radius 3 is 3.06 bits per heavy atom. The Morgan fingerprint density at radius 2 is 2.41 bits per heavy atom. The van der Waals surface area contributed by atoms with Gasteiger partial charge in [0.25, 0.3) is 0 Å². The van der Waals surface area contributed by atoms with E-state index in [1.165, 1.54) is 10.1 Å². The number of nitrogens with one attached hydrogen (secondary N) is 1. The van der Waals surface area contributed by atoms with E-state index in [0.717, 1.165) is 5.69 Å². The molecular formula is C9H14N4O3S. The lowest BCUT2D eigenvalue weighted by atomic mass is 10.3. The average molecular weight is 258 g/mol. The van der Waals surface area contributed by atoms with Gasteiger partial charge in [-0.3, -0.25) is 0 Å². The summed E-state index contributed by atoms with van der Waals surface area (Å²) in [5.74, 6) is 0.0950. The summed E-state index contributed by atoms with van der Waals surface area (Å²) in [4.78, 5) is 0. The molecule has 0 radical (unpaired) electrons. The molecule has 2 heterocycles. The lowest BCUT2D eigenvalue weighted by Gasteiger charge is -2.06. The SMILES string of the molecule is O=S1(=O)C=CC(NCc2cn(CCO)nn2)C1. The fraction of sp³-hybridized carbons (Fsp3) is 0.556. The second kappa shape index (κ2) is 4.94. The molecule has 0 spiro atoms. The highest BCUT2D eigenvalue weighted by atomic mass is 32.2. The van der Waals surface area contributed by atoms with Crippen LogP contribution in [0.4, 0.5) is 0 Å². The number of aliphatic hydroxyl groups excluding tert-OH is 1. The Kier molecular flexibility index (Phi) is 3.55. The van der Waals surface area contributed by atoms with Crippen LogP contribution in [0.1, 0.15) is 5.69 Å². The zero-order chi connectivity index (χ0) is 12.3. The van der Waals surface area contributed by atoms with Crippen molar-refractivity contribution in [2.45, 2.75) is 19.1 Å². The summed E-state index contributed by atoms with van der Waals surface area (Å²) in [7, 11) is -3.02. The highest BCUT2D eigenvalue weighted by Gasteiger charge is 2.21. The zero-order valence-electron chi connectivity index (χ0n) is 9.15. The van der Waals surface area contributed by atoms with Crippen molar-refractivity contribution in [2.75, 3.05) is 12.4 Å². The Labute approximate surface area is 99.1 Å². The van der Waals surface area contributed by atoms with E-state index in [1.54, 1.807) is 12.3 Å². The standard InChI is InChI=1S/C9H14N4O3S/c14-3-2-13-6-9(11-12-13)5-10-8-1-4-17(15,16)7-8/h1,4,6,8,10,14H,2-3,5,7H2. The third kappa shape index (κ3) is 3.35. The van der Waals surface area contributed by atoms with Crippen LogP contribution in [0.2, 0.25) is 0 Å². The Morgan fingerprint density at radius 1 is 1.59 bits per heavy atom. The van der Waals surface area contributed by atoms with Gasteiger partial charge in [0.05, 0.1) is 24.6 Å². The van der Waals surface area contributed by atoms with Gasteiger partial charge in [-0.25, -0.2) is 13.1 Å². The Balaban J connectivity index is 1.84. The summed E-state index contributed by atoms with van der Waals surface area (Å²) >= 11 is 0. The molecule has 1 aromatic rings. The van der Waals surface area contributed by atoms with Crippen molar-refractivity contribution in [3.8, 4) is 0 Å². The highest BCUT2D eigenvalue weighted by Crippen LogP contribution is 2.08. The molecule has 1 aliphatic rings. The van der Waals surface area contributed by atoms with Gasteiger partial charge in [-0.2, -0.15) is 0 Å². The minimum Gasteiger partial charge on any atom is -0.394 e. The number of nitrogens with zero attached hydrogens (tertiary/aromatic N) is 3. The van der Waals surface area contributed by atoms with Gasteiger partial charge in [0.15, 0.2) is 9.84 Å². The molecule has 0 saturated heterocycles. The van der Waals surface area contributed by atoms with Crippen molar-refractivity contribution in [1.29, 1.82) is 0 Å². The lowest BCUT2D eigenvalue weighted by Crippen LogP contribution is -2.29. The van der Waals surface area contributed by atoms with Crippen LogP contribution in [0.3, 0.4) is 0 Å². The first kappa shape index (κ1) is 12.2. The maximum atomic E-state index is 11.2. The zero-order valence-corrected chi connectivity index (χ0v) is 9.97. The molecule has 0 bridgehead atoms. The molecule has 0 aliphatic carbocycles. The first-order chi connectivity index (χ1) is 8.09. The average Bonchev–Trinajstić information content (AvgIpc) is 2.83. The number of hydrogen-bond donors (Lipinski definition) is 2. The lowest BCUT2D eigenvalue weighted by molar-refractivity contribution is 0.268. The summed E-state index contributed by atoms with van der Waals surface area (Å²) in [5.41, 5.74) is 0.719. The quantitative estimate of drug-likeness (QED) is 0.679. The Hall–Kier alpha value is -1.25. The molecule has 1 aromatic heterocycles. The second-order valence-electron chi connectivity index (χ2n) is 3.84. The number of hydrogen-bond acceptors (Lipinski definition) is 6. The molecule has 94 valence electrons. The smallest absolute Gasteiger partial charge is 0.173 e. The largest absolute Gasteiger partial charge is 0.394 e. The molecule has 17 heavy (non-hydrogen) atoms. The summed E-state index contributed by atoms with van der Waals surface area (Å²) in [6, 6.07) is -0.164. The Bertz CT molecular complexity index is 508. The summed E-state index contributed by atoms with van der Waals surface area (Å²) in [6.45, 7) is 0.875. The fourth-order valence-corrected chi connectivity index (χ4v) is 2.84. The van der Waals surface area contributed by atoms with Crippen molar-refractivity contribution in [3.05, 3.63) is 23.4 Å². The van der Waals surface area contributed by atoms with Gasteiger partial charge in [-0.1, -0.05) is 11.3 Å². The van der Waals surface area contributed by atoms with Crippen molar-refractivity contribution in [1.82, 2.24) is 20.3 Å². The molecule has 1 unspecified atom stereocenters. The molecule has 1 atom stereocenters. The van der Waals surface area contributed by atoms with Crippen LogP contribution < -0.4 is 5.32 Å². The first-order valence-electron chi connectivity index (χ1n) is 5.23. The maximum Gasteiger partial charge on any atom is 0.173 e. The van der Waals surface area contributed by atoms with E-state index in [0.29, 0.717) is 13.1 Å². The van der Waals surface area contributed by atoms with E-state index in [-0.39, 0.29) is 18.4 Å². The second-order valence-corrected chi connectivity index (χ2v) is 5.77. The third-order valence-corrected chi connectivity index (χ3v) is 3.79. The van der Waals surface area contributed by atoms with Crippen molar-refractivity contribution < 1.29 is 13.5 Å². The van der Waals surface area contributed by atoms with E-state index in [2.05, 4.69) is 15.6 Å². The normalized spacial score (nSPS) is 22.1. The van der Waals surface area contributed by atoms with Crippen molar-refractivity contribution in [2.24, 2.45) is 0 Å². The van der Waals surface area contributed by atoms with E-state index in [9.17, 15) is 8.42 Å². The molecular weight excluding hydrogens is 244 g/mol. The van der Waals surface area contributed by atoms with Crippen LogP contribution in [0.5, 0.6) is 0 Å². The fourth-order valence-electron chi connectivity index (χ4n) is 1.57. The number of aromatic nitrogens is 3. The van der Waals surface area contributed by atoms with Gasteiger partial charge < -0.3 is 10.4 Å². The van der Waals surface area contributed by atoms with E-state index in [4.69, 9.17) is 5.11 Å². The minimum absolute atomic E-state index is 0.0137.